The first-order valence-electron chi connectivity index (χ1n) is 10.8. The van der Waals surface area contributed by atoms with Crippen LogP contribution in [-0.2, 0) is 6.42 Å². The second kappa shape index (κ2) is 8.35. The number of benzene rings is 3. The smallest absolute Gasteiger partial charge is 0.258 e. The highest BCUT2D eigenvalue weighted by molar-refractivity contribution is 6.07. The van der Waals surface area contributed by atoms with Crippen molar-refractivity contribution in [3.63, 3.8) is 0 Å². The van der Waals surface area contributed by atoms with E-state index in [1.54, 1.807) is 0 Å². The van der Waals surface area contributed by atoms with Crippen LogP contribution in [-0.4, -0.2) is 11.9 Å². The van der Waals surface area contributed by atoms with E-state index in [9.17, 15) is 4.79 Å². The summed E-state index contributed by atoms with van der Waals surface area (Å²) in [6.45, 7) is 8.51. The summed E-state index contributed by atoms with van der Waals surface area (Å²) in [5.74, 6) is 0.0787. The van der Waals surface area contributed by atoms with Crippen molar-refractivity contribution >= 4 is 17.3 Å². The fourth-order valence-corrected chi connectivity index (χ4v) is 4.47. The van der Waals surface area contributed by atoms with Crippen LogP contribution in [0, 0.1) is 13.8 Å². The van der Waals surface area contributed by atoms with Crippen molar-refractivity contribution in [2.45, 2.75) is 52.6 Å². The Labute approximate surface area is 179 Å². The number of amides is 1. The Balaban J connectivity index is 1.72. The minimum absolute atomic E-state index is 0.0787. The molecule has 1 N–H and O–H groups in total. The van der Waals surface area contributed by atoms with Gasteiger partial charge in [0, 0.05) is 17.3 Å². The van der Waals surface area contributed by atoms with Gasteiger partial charge in [0.2, 0.25) is 0 Å². The summed E-state index contributed by atoms with van der Waals surface area (Å²) >= 11 is 0. The molecule has 1 heterocycles. The molecule has 0 saturated heterocycles. The minimum Gasteiger partial charge on any atom is -0.378 e. The molecule has 1 aliphatic heterocycles. The Morgan fingerprint density at radius 2 is 1.67 bits per heavy atom. The molecule has 0 aliphatic carbocycles. The second-order valence-electron chi connectivity index (χ2n) is 8.33. The largest absolute Gasteiger partial charge is 0.378 e. The monoisotopic (exact) mass is 398 g/mol. The lowest BCUT2D eigenvalue weighted by Gasteiger charge is -2.41. The summed E-state index contributed by atoms with van der Waals surface area (Å²) in [4.78, 5) is 15.6. The lowest BCUT2D eigenvalue weighted by molar-refractivity contribution is 0.0974. The summed E-state index contributed by atoms with van der Waals surface area (Å²) in [7, 11) is 0. The van der Waals surface area contributed by atoms with E-state index in [4.69, 9.17) is 0 Å². The van der Waals surface area contributed by atoms with E-state index in [-0.39, 0.29) is 18.0 Å². The molecule has 4 rings (SSSR count). The summed E-state index contributed by atoms with van der Waals surface area (Å²) in [6.07, 6.45) is 1.84. The molecule has 0 radical (unpaired) electrons. The molecule has 3 aromatic carbocycles. The number of nitrogens with zero attached hydrogens (tertiary/aromatic N) is 1. The van der Waals surface area contributed by atoms with Crippen LogP contribution >= 0.6 is 0 Å². The lowest BCUT2D eigenvalue weighted by Crippen LogP contribution is -2.44. The van der Waals surface area contributed by atoms with Gasteiger partial charge in [-0.3, -0.25) is 4.79 Å². The molecule has 0 fully saturated rings. The van der Waals surface area contributed by atoms with Crippen LogP contribution in [0.2, 0.25) is 0 Å². The molecule has 2 atom stereocenters. The minimum atomic E-state index is 0.0787. The summed E-state index contributed by atoms with van der Waals surface area (Å²) in [6, 6.07) is 23.0. The number of hydrogen-bond donors (Lipinski definition) is 1. The maximum atomic E-state index is 13.5. The third-order valence-corrected chi connectivity index (χ3v) is 6.21. The first-order chi connectivity index (χ1) is 14.5. The van der Waals surface area contributed by atoms with Crippen molar-refractivity contribution < 1.29 is 4.79 Å². The van der Waals surface area contributed by atoms with Crippen molar-refractivity contribution in [3.8, 4) is 0 Å². The van der Waals surface area contributed by atoms with Crippen LogP contribution < -0.4 is 10.2 Å². The van der Waals surface area contributed by atoms with Gasteiger partial charge in [-0.2, -0.15) is 0 Å². The standard InChI is InChI=1S/C27H30N2O/c1-5-21-13-15-22(16-14-21)27(30)29-20(4)17-25(23-11-8-10-19(3)26(23)29)28-24-12-7-6-9-18(24)2/h6-16,20,25,28H,5,17H2,1-4H3/t20-,25-/m0/s1. The van der Waals surface area contributed by atoms with Crippen molar-refractivity contribution in [2.75, 3.05) is 10.2 Å². The molecule has 0 saturated carbocycles. The van der Waals surface area contributed by atoms with Crippen LogP contribution in [0.25, 0.3) is 0 Å². The third kappa shape index (κ3) is 3.72. The Kier molecular flexibility index (Phi) is 5.63. The maximum absolute atomic E-state index is 13.5. The highest BCUT2D eigenvalue weighted by atomic mass is 16.2. The van der Waals surface area contributed by atoms with Gasteiger partial charge in [0.05, 0.1) is 11.7 Å². The number of nitrogens with one attached hydrogen (secondary N) is 1. The number of carbonyl (C=O) groups is 1. The number of hydrogen-bond acceptors (Lipinski definition) is 2. The molecular weight excluding hydrogens is 368 g/mol. The van der Waals surface area contributed by atoms with Crippen LogP contribution in [0.15, 0.2) is 66.7 Å². The van der Waals surface area contributed by atoms with E-state index in [0.717, 1.165) is 35.3 Å². The first-order valence-corrected chi connectivity index (χ1v) is 10.8. The number of anilines is 2. The van der Waals surface area contributed by atoms with Gasteiger partial charge in [-0.1, -0.05) is 55.5 Å². The summed E-state index contributed by atoms with van der Waals surface area (Å²) in [5.41, 5.74) is 7.75. The molecular formula is C27H30N2O. The Hall–Kier alpha value is -3.07. The molecule has 154 valence electrons. The maximum Gasteiger partial charge on any atom is 0.258 e. The lowest BCUT2D eigenvalue weighted by atomic mass is 9.88. The van der Waals surface area contributed by atoms with E-state index in [2.05, 4.69) is 87.6 Å². The predicted octanol–water partition coefficient (Wildman–Crippen LogP) is 6.46. The normalized spacial score (nSPS) is 18.1. The van der Waals surface area contributed by atoms with E-state index in [1.807, 2.05) is 17.0 Å². The van der Waals surface area contributed by atoms with Crippen LogP contribution in [0.5, 0.6) is 0 Å². The number of carbonyl (C=O) groups excluding carboxylic acids is 1. The highest BCUT2D eigenvalue weighted by Crippen LogP contribution is 2.41. The number of para-hydroxylation sites is 2. The third-order valence-electron chi connectivity index (χ3n) is 6.21. The van der Waals surface area contributed by atoms with Crippen molar-refractivity contribution in [1.82, 2.24) is 0 Å². The quantitative estimate of drug-likeness (QED) is 0.547. The predicted molar refractivity (Wildman–Crippen MR) is 125 cm³/mol. The molecule has 0 unspecified atom stereocenters. The van der Waals surface area contributed by atoms with Gasteiger partial charge in [-0.05, 0) is 74.1 Å². The molecule has 3 heteroatoms. The first kappa shape index (κ1) is 20.2. The Bertz CT molecular complexity index is 1050. The molecule has 0 spiro atoms. The second-order valence-corrected chi connectivity index (χ2v) is 8.33. The molecule has 3 nitrogen and oxygen atoms in total. The molecule has 1 aliphatic rings. The van der Waals surface area contributed by atoms with Crippen molar-refractivity contribution in [2.24, 2.45) is 0 Å². The Morgan fingerprint density at radius 3 is 2.37 bits per heavy atom. The number of aryl methyl sites for hydroxylation is 3. The fraction of sp³-hybridized carbons (Fsp3) is 0.296. The molecule has 30 heavy (non-hydrogen) atoms. The van der Waals surface area contributed by atoms with Crippen LogP contribution in [0.1, 0.15) is 58.9 Å². The van der Waals surface area contributed by atoms with Gasteiger partial charge in [0.25, 0.3) is 5.91 Å². The molecule has 3 aromatic rings. The van der Waals surface area contributed by atoms with Crippen LogP contribution in [0.4, 0.5) is 11.4 Å². The Morgan fingerprint density at radius 1 is 0.967 bits per heavy atom. The molecule has 0 bridgehead atoms. The zero-order chi connectivity index (χ0) is 21.3. The molecule has 1 amide bonds. The topological polar surface area (TPSA) is 32.3 Å². The van der Waals surface area contributed by atoms with Gasteiger partial charge >= 0.3 is 0 Å². The van der Waals surface area contributed by atoms with Crippen molar-refractivity contribution in [1.29, 1.82) is 0 Å². The van der Waals surface area contributed by atoms with Gasteiger partial charge in [-0.25, -0.2) is 0 Å². The summed E-state index contributed by atoms with van der Waals surface area (Å²) in [5, 5.41) is 3.74. The van der Waals surface area contributed by atoms with Gasteiger partial charge in [-0.15, -0.1) is 0 Å². The number of rotatable bonds is 4. The van der Waals surface area contributed by atoms with Gasteiger partial charge < -0.3 is 10.2 Å². The number of fused-ring (bicyclic) bond motifs is 1. The average molecular weight is 399 g/mol. The van der Waals surface area contributed by atoms with Crippen molar-refractivity contribution in [3.05, 3.63) is 94.5 Å². The van der Waals surface area contributed by atoms with Gasteiger partial charge in [0.1, 0.15) is 0 Å². The zero-order valence-electron chi connectivity index (χ0n) is 18.3. The van der Waals surface area contributed by atoms with E-state index >= 15 is 0 Å². The van der Waals surface area contributed by atoms with E-state index in [0.29, 0.717) is 0 Å². The van der Waals surface area contributed by atoms with Gasteiger partial charge in [0.15, 0.2) is 0 Å². The van der Waals surface area contributed by atoms with E-state index in [1.165, 1.54) is 16.7 Å². The molecule has 0 aromatic heterocycles. The summed E-state index contributed by atoms with van der Waals surface area (Å²) < 4.78 is 0. The fourth-order valence-electron chi connectivity index (χ4n) is 4.47. The van der Waals surface area contributed by atoms with Crippen LogP contribution in [0.3, 0.4) is 0 Å². The van der Waals surface area contributed by atoms with E-state index < -0.39 is 0 Å². The SMILES string of the molecule is CCc1ccc(C(=O)N2c3c(C)cccc3[C@@H](Nc3ccccc3C)C[C@@H]2C)cc1. The zero-order valence-corrected chi connectivity index (χ0v) is 18.3. The average Bonchev–Trinajstić information content (AvgIpc) is 2.76. The highest BCUT2D eigenvalue weighted by Gasteiger charge is 2.35.